The van der Waals surface area contributed by atoms with Crippen molar-refractivity contribution in [1.82, 2.24) is 13.9 Å². The summed E-state index contributed by atoms with van der Waals surface area (Å²) in [4.78, 5) is 26.7. The van der Waals surface area contributed by atoms with Gasteiger partial charge in [-0.3, -0.25) is 0 Å². The van der Waals surface area contributed by atoms with Gasteiger partial charge in [0, 0.05) is 0 Å². The van der Waals surface area contributed by atoms with Crippen molar-refractivity contribution in [2.75, 3.05) is 0 Å². The highest BCUT2D eigenvalue weighted by Gasteiger charge is 2.43. The lowest BCUT2D eigenvalue weighted by molar-refractivity contribution is 0.350. The predicted molar refractivity (Wildman–Crippen MR) is 109 cm³/mol. The molecule has 0 saturated carbocycles. The maximum atomic E-state index is 13.5. The first-order valence-corrected chi connectivity index (χ1v) is 9.76. The van der Waals surface area contributed by atoms with E-state index in [1.807, 2.05) is 36.4 Å². The third-order valence-electron chi connectivity index (χ3n) is 6.21. The minimum Gasteiger partial charge on any atom is -0.245 e. The smallest absolute Gasteiger partial charge is 0.245 e. The van der Waals surface area contributed by atoms with Gasteiger partial charge in [-0.1, -0.05) is 62.4 Å². The molecule has 5 rings (SSSR count). The van der Waals surface area contributed by atoms with Crippen molar-refractivity contribution in [2.24, 2.45) is 5.41 Å². The fraction of sp³-hybridized carbons (Fsp3) is 0.304. The number of para-hydroxylation sites is 1. The van der Waals surface area contributed by atoms with Crippen LogP contribution in [0.25, 0.3) is 5.69 Å². The second kappa shape index (κ2) is 5.96. The summed E-state index contributed by atoms with van der Waals surface area (Å²) in [7, 11) is 0. The van der Waals surface area contributed by atoms with Gasteiger partial charge in [0.25, 0.3) is 0 Å². The highest BCUT2D eigenvalue weighted by molar-refractivity contribution is 5.40. The molecule has 1 unspecified atom stereocenters. The molecule has 0 radical (unpaired) electrons. The summed E-state index contributed by atoms with van der Waals surface area (Å²) in [6, 6.07) is 19.0. The standard InChI is InChI=1S/C23H23N3O2/c1-23(2)14-13-17-15-24-21(27)25(18-11-7-4-8-12-18)22(28)26(24)20(19(17)23)16-9-5-3-6-10-16/h3-12,20H,13-15H2,1-2H3. The second-order valence-electron chi connectivity index (χ2n) is 8.35. The lowest BCUT2D eigenvalue weighted by Crippen LogP contribution is -2.38. The Labute approximate surface area is 163 Å². The van der Waals surface area contributed by atoms with Crippen LogP contribution in [0.2, 0.25) is 0 Å². The lowest BCUT2D eigenvalue weighted by Gasteiger charge is -2.34. The van der Waals surface area contributed by atoms with E-state index in [-0.39, 0.29) is 22.8 Å². The normalized spacial score (nSPS) is 20.1. The van der Waals surface area contributed by atoms with Crippen LogP contribution in [0, 0.1) is 5.41 Å². The van der Waals surface area contributed by atoms with Crippen molar-refractivity contribution in [3.8, 4) is 5.69 Å². The van der Waals surface area contributed by atoms with Gasteiger partial charge in [-0.2, -0.15) is 0 Å². The van der Waals surface area contributed by atoms with Crippen LogP contribution in [0.1, 0.15) is 38.3 Å². The quantitative estimate of drug-likeness (QED) is 0.646. The van der Waals surface area contributed by atoms with Gasteiger partial charge < -0.3 is 0 Å². The lowest BCUT2D eigenvalue weighted by atomic mass is 9.78. The number of aromatic nitrogens is 3. The maximum absolute atomic E-state index is 13.5. The summed E-state index contributed by atoms with van der Waals surface area (Å²) >= 11 is 0. The van der Waals surface area contributed by atoms with Gasteiger partial charge in [-0.15, -0.1) is 0 Å². The molecule has 0 bridgehead atoms. The monoisotopic (exact) mass is 373 g/mol. The van der Waals surface area contributed by atoms with Gasteiger partial charge in [0.15, 0.2) is 0 Å². The Bertz CT molecular complexity index is 1190. The molecule has 0 N–H and O–H groups in total. The third kappa shape index (κ3) is 2.32. The topological polar surface area (TPSA) is 48.9 Å². The number of fused-ring (bicyclic) bond motifs is 1. The van der Waals surface area contributed by atoms with E-state index in [0.29, 0.717) is 12.2 Å². The summed E-state index contributed by atoms with van der Waals surface area (Å²) in [5, 5.41) is 0. The Morgan fingerprint density at radius 3 is 2.21 bits per heavy atom. The minimum atomic E-state index is -0.278. The van der Waals surface area contributed by atoms with E-state index in [0.717, 1.165) is 18.4 Å². The first kappa shape index (κ1) is 17.0. The Kier molecular flexibility index (Phi) is 3.63. The number of benzene rings is 2. The molecule has 1 aliphatic carbocycles. The number of nitrogens with zero attached hydrogens (tertiary/aromatic N) is 3. The highest BCUT2D eigenvalue weighted by atomic mass is 16.2. The third-order valence-corrected chi connectivity index (χ3v) is 6.21. The summed E-state index contributed by atoms with van der Waals surface area (Å²) in [6.07, 6.45) is 2.02. The van der Waals surface area contributed by atoms with Gasteiger partial charge in [-0.05, 0) is 47.1 Å². The second-order valence-corrected chi connectivity index (χ2v) is 8.35. The van der Waals surface area contributed by atoms with Crippen LogP contribution < -0.4 is 11.4 Å². The van der Waals surface area contributed by atoms with E-state index in [4.69, 9.17) is 0 Å². The molecule has 0 spiro atoms. The summed E-state index contributed by atoms with van der Waals surface area (Å²) in [6.45, 7) is 4.99. The number of hydrogen-bond donors (Lipinski definition) is 0. The van der Waals surface area contributed by atoms with Crippen LogP contribution in [0.15, 0.2) is 81.4 Å². The Balaban J connectivity index is 1.81. The van der Waals surface area contributed by atoms with E-state index in [1.54, 1.807) is 21.5 Å². The van der Waals surface area contributed by atoms with E-state index in [1.165, 1.54) is 15.7 Å². The molecular formula is C23H23N3O2. The first-order valence-electron chi connectivity index (χ1n) is 9.76. The van der Waals surface area contributed by atoms with Crippen LogP contribution in [-0.2, 0) is 6.54 Å². The fourth-order valence-corrected chi connectivity index (χ4v) is 4.87. The zero-order chi connectivity index (χ0) is 19.5. The molecule has 5 heteroatoms. The molecular weight excluding hydrogens is 350 g/mol. The van der Waals surface area contributed by atoms with Gasteiger partial charge in [0.05, 0.1) is 12.2 Å². The molecule has 1 aromatic heterocycles. The molecule has 2 heterocycles. The molecule has 0 saturated heterocycles. The highest BCUT2D eigenvalue weighted by Crippen LogP contribution is 2.50. The molecule has 2 aliphatic rings. The molecule has 2 aromatic carbocycles. The number of hydrogen-bond acceptors (Lipinski definition) is 2. The average Bonchev–Trinajstić information content (AvgIpc) is 3.15. The zero-order valence-corrected chi connectivity index (χ0v) is 16.1. The molecule has 1 atom stereocenters. The van der Waals surface area contributed by atoms with Crippen LogP contribution in [0.5, 0.6) is 0 Å². The SMILES string of the molecule is CC1(C)CCC2=C1C(c1ccccc1)n1c(=O)n(-c3ccccc3)c(=O)n1C2. The summed E-state index contributed by atoms with van der Waals surface area (Å²) in [5.41, 5.74) is 3.71. The minimum absolute atomic E-state index is 0.00538. The van der Waals surface area contributed by atoms with E-state index < -0.39 is 0 Å². The largest absolute Gasteiger partial charge is 0.352 e. The van der Waals surface area contributed by atoms with Crippen molar-refractivity contribution in [1.29, 1.82) is 0 Å². The Morgan fingerprint density at radius 2 is 1.54 bits per heavy atom. The van der Waals surface area contributed by atoms with Crippen LogP contribution >= 0.6 is 0 Å². The average molecular weight is 373 g/mol. The van der Waals surface area contributed by atoms with Crippen molar-refractivity contribution in [2.45, 2.75) is 39.3 Å². The molecule has 0 fully saturated rings. The van der Waals surface area contributed by atoms with Crippen LogP contribution in [0.3, 0.4) is 0 Å². The zero-order valence-electron chi connectivity index (χ0n) is 16.1. The van der Waals surface area contributed by atoms with Crippen molar-refractivity contribution in [3.63, 3.8) is 0 Å². The molecule has 0 amide bonds. The Morgan fingerprint density at radius 1 is 0.893 bits per heavy atom. The number of allylic oxidation sites excluding steroid dienone is 2. The van der Waals surface area contributed by atoms with Gasteiger partial charge in [0.1, 0.15) is 6.04 Å². The van der Waals surface area contributed by atoms with E-state index >= 15 is 0 Å². The summed E-state index contributed by atoms with van der Waals surface area (Å²) < 4.78 is 4.61. The molecule has 3 aromatic rings. The summed E-state index contributed by atoms with van der Waals surface area (Å²) in [5.74, 6) is 0. The van der Waals surface area contributed by atoms with Crippen molar-refractivity contribution in [3.05, 3.63) is 98.3 Å². The first-order chi connectivity index (χ1) is 13.5. The van der Waals surface area contributed by atoms with E-state index in [9.17, 15) is 9.59 Å². The molecule has 28 heavy (non-hydrogen) atoms. The fourth-order valence-electron chi connectivity index (χ4n) is 4.87. The van der Waals surface area contributed by atoms with Crippen LogP contribution in [-0.4, -0.2) is 13.9 Å². The van der Waals surface area contributed by atoms with Gasteiger partial charge in [0.2, 0.25) is 0 Å². The van der Waals surface area contributed by atoms with E-state index in [2.05, 4.69) is 26.0 Å². The maximum Gasteiger partial charge on any atom is 0.352 e. The molecule has 5 nitrogen and oxygen atoms in total. The predicted octanol–water partition coefficient (Wildman–Crippen LogP) is 3.52. The van der Waals surface area contributed by atoms with Gasteiger partial charge in [-0.25, -0.2) is 23.5 Å². The molecule has 142 valence electrons. The van der Waals surface area contributed by atoms with Gasteiger partial charge >= 0.3 is 11.4 Å². The van der Waals surface area contributed by atoms with Crippen molar-refractivity contribution >= 4 is 0 Å². The van der Waals surface area contributed by atoms with Crippen molar-refractivity contribution < 1.29 is 0 Å². The number of rotatable bonds is 2. The molecule has 1 aliphatic heterocycles. The Hall–Kier alpha value is -3.08. The van der Waals surface area contributed by atoms with Crippen LogP contribution in [0.4, 0.5) is 0 Å².